The van der Waals surface area contributed by atoms with Crippen LogP contribution in [0.15, 0.2) is 79.4 Å². The van der Waals surface area contributed by atoms with Crippen LogP contribution >= 0.6 is 11.3 Å². The van der Waals surface area contributed by atoms with Gasteiger partial charge in [-0.05, 0) is 46.0 Å². The summed E-state index contributed by atoms with van der Waals surface area (Å²) in [4.78, 5) is 17.7. The van der Waals surface area contributed by atoms with Gasteiger partial charge >= 0.3 is 0 Å². The van der Waals surface area contributed by atoms with Crippen molar-refractivity contribution in [2.24, 2.45) is 0 Å². The molecule has 2 aromatic carbocycles. The molecule has 0 aliphatic heterocycles. The number of nitrogens with one attached hydrogen (secondary N) is 1. The van der Waals surface area contributed by atoms with Crippen LogP contribution in [0, 0.1) is 6.57 Å². The van der Waals surface area contributed by atoms with Gasteiger partial charge in [-0.15, -0.1) is 11.3 Å². The molecule has 0 saturated heterocycles. The van der Waals surface area contributed by atoms with E-state index < -0.39 is 0 Å². The molecule has 0 atom stereocenters. The van der Waals surface area contributed by atoms with Gasteiger partial charge in [0.15, 0.2) is 0 Å². The summed E-state index contributed by atoms with van der Waals surface area (Å²) in [5.41, 5.74) is 3.90. The highest BCUT2D eigenvalue weighted by molar-refractivity contribution is 7.19. The number of pyridine rings is 1. The third-order valence-electron chi connectivity index (χ3n) is 4.94. The Morgan fingerprint density at radius 1 is 0.931 bits per heavy atom. The highest BCUT2D eigenvalue weighted by atomic mass is 32.1. The molecule has 138 valence electrons. The fraction of sp³-hybridized carbons (Fsp3) is 0.0417. The minimum Gasteiger partial charge on any atom is -0.344 e. The Morgan fingerprint density at radius 2 is 1.76 bits per heavy atom. The first-order chi connectivity index (χ1) is 14.3. The van der Waals surface area contributed by atoms with E-state index in [4.69, 9.17) is 6.57 Å². The highest BCUT2D eigenvalue weighted by Crippen LogP contribution is 2.47. The molecule has 0 bridgehead atoms. The molecule has 5 rings (SSSR count). The quantitative estimate of drug-likeness (QED) is 0.355. The predicted molar refractivity (Wildman–Crippen MR) is 118 cm³/mol. The third kappa shape index (κ3) is 3.20. The molecule has 5 heteroatoms. The standard InChI is InChI=1S/C24H16N4S/c1-25-21-20(15-16-6-7-17-4-2-3-5-19(17)14-16)23(24-27-12-13-28-24)29-22(21)18-8-10-26-11-9-18/h2-14H,15H2,(H,27,28). The molecule has 0 saturated carbocycles. The van der Waals surface area contributed by atoms with E-state index in [0.29, 0.717) is 12.1 Å². The van der Waals surface area contributed by atoms with E-state index in [-0.39, 0.29) is 0 Å². The largest absolute Gasteiger partial charge is 0.344 e. The number of hydrogen-bond acceptors (Lipinski definition) is 3. The van der Waals surface area contributed by atoms with E-state index in [2.05, 4.69) is 56.2 Å². The topological polar surface area (TPSA) is 45.9 Å². The van der Waals surface area contributed by atoms with Crippen LogP contribution in [0.5, 0.6) is 0 Å². The molecule has 0 amide bonds. The number of imidazole rings is 1. The summed E-state index contributed by atoms with van der Waals surface area (Å²) in [6, 6.07) is 18.7. The molecular formula is C24H16N4S. The van der Waals surface area contributed by atoms with Crippen LogP contribution in [0.4, 0.5) is 5.69 Å². The van der Waals surface area contributed by atoms with Crippen molar-refractivity contribution < 1.29 is 0 Å². The summed E-state index contributed by atoms with van der Waals surface area (Å²) in [7, 11) is 0. The van der Waals surface area contributed by atoms with Gasteiger partial charge in [-0.2, -0.15) is 0 Å². The van der Waals surface area contributed by atoms with Crippen molar-refractivity contribution >= 4 is 27.8 Å². The maximum atomic E-state index is 7.90. The first-order valence-electron chi connectivity index (χ1n) is 9.24. The van der Waals surface area contributed by atoms with Crippen LogP contribution in [-0.4, -0.2) is 15.0 Å². The molecule has 0 radical (unpaired) electrons. The molecule has 5 aromatic rings. The van der Waals surface area contributed by atoms with E-state index in [1.54, 1.807) is 29.9 Å². The third-order valence-corrected chi connectivity index (χ3v) is 6.22. The number of nitrogens with zero attached hydrogens (tertiary/aromatic N) is 3. The van der Waals surface area contributed by atoms with Gasteiger partial charge in [0.1, 0.15) is 5.82 Å². The molecule has 0 spiro atoms. The zero-order valence-electron chi connectivity index (χ0n) is 15.5. The first-order valence-corrected chi connectivity index (χ1v) is 10.1. The molecule has 0 fully saturated rings. The van der Waals surface area contributed by atoms with E-state index in [1.165, 1.54) is 16.3 Å². The summed E-state index contributed by atoms with van der Waals surface area (Å²) in [6.45, 7) is 7.90. The van der Waals surface area contributed by atoms with Gasteiger partial charge in [-0.25, -0.2) is 9.83 Å². The number of hydrogen-bond donors (Lipinski definition) is 1. The van der Waals surface area contributed by atoms with Crippen LogP contribution < -0.4 is 0 Å². The van der Waals surface area contributed by atoms with Crippen molar-refractivity contribution in [2.75, 3.05) is 0 Å². The Labute approximate surface area is 172 Å². The number of thiophene rings is 1. The second kappa shape index (κ2) is 7.34. The summed E-state index contributed by atoms with van der Waals surface area (Å²) >= 11 is 1.61. The Hall–Kier alpha value is -3.75. The van der Waals surface area contributed by atoms with Crippen molar-refractivity contribution in [3.8, 4) is 21.1 Å². The van der Waals surface area contributed by atoms with Crippen LogP contribution in [0.25, 0.3) is 36.8 Å². The van der Waals surface area contributed by atoms with E-state index in [0.717, 1.165) is 26.7 Å². The number of rotatable bonds is 4. The fourth-order valence-electron chi connectivity index (χ4n) is 3.57. The maximum Gasteiger partial charge on any atom is 0.209 e. The molecule has 0 unspecified atom stereocenters. The van der Waals surface area contributed by atoms with Crippen LogP contribution in [0.3, 0.4) is 0 Å². The van der Waals surface area contributed by atoms with Gasteiger partial charge in [-0.3, -0.25) is 4.98 Å². The summed E-state index contributed by atoms with van der Waals surface area (Å²) in [5, 5.41) is 2.43. The van der Waals surface area contributed by atoms with E-state index >= 15 is 0 Å². The van der Waals surface area contributed by atoms with Crippen molar-refractivity contribution in [2.45, 2.75) is 6.42 Å². The predicted octanol–water partition coefficient (Wildman–Crippen LogP) is 6.49. The Kier molecular flexibility index (Phi) is 4.39. The lowest BCUT2D eigenvalue weighted by molar-refractivity contribution is 1.21. The van der Waals surface area contributed by atoms with Crippen molar-refractivity contribution in [3.05, 3.63) is 102 Å². The van der Waals surface area contributed by atoms with Gasteiger partial charge in [0.25, 0.3) is 0 Å². The Bertz CT molecular complexity index is 1330. The summed E-state index contributed by atoms with van der Waals surface area (Å²) < 4.78 is 0. The molecule has 1 N–H and O–H groups in total. The molecule has 3 heterocycles. The van der Waals surface area contributed by atoms with Crippen molar-refractivity contribution in [3.63, 3.8) is 0 Å². The molecule has 0 aliphatic rings. The summed E-state index contributed by atoms with van der Waals surface area (Å²) in [5.74, 6) is 0.802. The minimum atomic E-state index is 0.681. The average Bonchev–Trinajstić information content (AvgIpc) is 3.42. The van der Waals surface area contributed by atoms with Crippen molar-refractivity contribution in [1.82, 2.24) is 15.0 Å². The van der Waals surface area contributed by atoms with Crippen LogP contribution in [-0.2, 0) is 6.42 Å². The first kappa shape index (κ1) is 17.4. The monoisotopic (exact) mass is 392 g/mol. The number of H-pyrrole nitrogens is 1. The molecule has 0 aliphatic carbocycles. The smallest absolute Gasteiger partial charge is 0.209 e. The van der Waals surface area contributed by atoms with Gasteiger partial charge < -0.3 is 4.98 Å². The van der Waals surface area contributed by atoms with Gasteiger partial charge in [0.2, 0.25) is 5.69 Å². The number of fused-ring (bicyclic) bond motifs is 1. The Morgan fingerprint density at radius 3 is 2.52 bits per heavy atom. The zero-order chi connectivity index (χ0) is 19.6. The average molecular weight is 392 g/mol. The maximum absolute atomic E-state index is 7.90. The second-order valence-corrected chi connectivity index (χ2v) is 7.75. The minimum absolute atomic E-state index is 0.681. The highest BCUT2D eigenvalue weighted by Gasteiger charge is 2.22. The summed E-state index contributed by atoms with van der Waals surface area (Å²) in [6.07, 6.45) is 7.77. The van der Waals surface area contributed by atoms with E-state index in [9.17, 15) is 0 Å². The zero-order valence-corrected chi connectivity index (χ0v) is 16.3. The van der Waals surface area contributed by atoms with Crippen LogP contribution in [0.1, 0.15) is 11.1 Å². The number of aromatic nitrogens is 3. The lowest BCUT2D eigenvalue weighted by Gasteiger charge is -2.06. The Balaban J connectivity index is 1.67. The van der Waals surface area contributed by atoms with Gasteiger partial charge in [-0.1, -0.05) is 42.5 Å². The molecule has 3 aromatic heterocycles. The lowest BCUT2D eigenvalue weighted by atomic mass is 9.99. The molecular weight excluding hydrogens is 376 g/mol. The van der Waals surface area contributed by atoms with Gasteiger partial charge in [0, 0.05) is 29.7 Å². The number of benzene rings is 2. The number of aromatic amines is 1. The van der Waals surface area contributed by atoms with Crippen molar-refractivity contribution in [1.29, 1.82) is 0 Å². The SMILES string of the molecule is [C-]#[N+]c1c(-c2ccncc2)sc(-c2ncc[nH]2)c1Cc1ccc2ccccc2c1. The van der Waals surface area contributed by atoms with Gasteiger partial charge in [0.05, 0.1) is 11.4 Å². The second-order valence-electron chi connectivity index (χ2n) is 6.73. The lowest BCUT2D eigenvalue weighted by Crippen LogP contribution is -1.90. The normalized spacial score (nSPS) is 10.9. The van der Waals surface area contributed by atoms with Crippen LogP contribution in [0.2, 0.25) is 0 Å². The molecule has 29 heavy (non-hydrogen) atoms. The van der Waals surface area contributed by atoms with E-state index in [1.807, 2.05) is 24.4 Å². The fourth-order valence-corrected chi connectivity index (χ4v) is 4.80. The molecule has 4 nitrogen and oxygen atoms in total.